The molecule has 0 aliphatic heterocycles. The summed E-state index contributed by atoms with van der Waals surface area (Å²) in [6.07, 6.45) is 2.82. The van der Waals surface area contributed by atoms with E-state index in [4.69, 9.17) is 0 Å². The standard InChI is InChI=1S/C13H16FN3S/c1-9(2)4-15-7-13-17-12(8-18-13)10-3-11(14)6-16-5-10/h3,5-6,8-9,15H,4,7H2,1-2H3. The molecule has 0 amide bonds. The first-order valence-corrected chi connectivity index (χ1v) is 6.79. The molecule has 2 rings (SSSR count). The van der Waals surface area contributed by atoms with Gasteiger partial charge in [-0.25, -0.2) is 9.37 Å². The minimum Gasteiger partial charge on any atom is -0.310 e. The molecule has 0 fully saturated rings. The molecule has 2 heterocycles. The third-order valence-corrected chi connectivity index (χ3v) is 3.23. The Labute approximate surface area is 110 Å². The zero-order valence-electron chi connectivity index (χ0n) is 10.5. The van der Waals surface area contributed by atoms with Crippen molar-refractivity contribution in [3.8, 4) is 11.3 Å². The average Bonchev–Trinajstić information content (AvgIpc) is 2.77. The van der Waals surface area contributed by atoms with E-state index in [-0.39, 0.29) is 5.82 Å². The molecule has 0 unspecified atom stereocenters. The van der Waals surface area contributed by atoms with E-state index in [2.05, 4.69) is 29.1 Å². The molecule has 0 spiro atoms. The lowest BCUT2D eigenvalue weighted by atomic mass is 10.2. The van der Waals surface area contributed by atoms with Gasteiger partial charge in [-0.15, -0.1) is 11.3 Å². The van der Waals surface area contributed by atoms with Crippen molar-refractivity contribution in [3.05, 3.63) is 34.7 Å². The van der Waals surface area contributed by atoms with E-state index in [1.807, 2.05) is 5.38 Å². The Morgan fingerprint density at radius 3 is 2.94 bits per heavy atom. The van der Waals surface area contributed by atoms with E-state index >= 15 is 0 Å². The lowest BCUT2D eigenvalue weighted by molar-refractivity contribution is 0.551. The van der Waals surface area contributed by atoms with Gasteiger partial charge < -0.3 is 5.32 Å². The lowest BCUT2D eigenvalue weighted by Gasteiger charge is -2.04. The second kappa shape index (κ2) is 6.02. The lowest BCUT2D eigenvalue weighted by Crippen LogP contribution is -2.18. The highest BCUT2D eigenvalue weighted by molar-refractivity contribution is 7.09. The van der Waals surface area contributed by atoms with Gasteiger partial charge in [-0.3, -0.25) is 4.98 Å². The van der Waals surface area contributed by atoms with Crippen LogP contribution in [0.1, 0.15) is 18.9 Å². The fraction of sp³-hybridized carbons (Fsp3) is 0.385. The molecule has 0 saturated carbocycles. The summed E-state index contributed by atoms with van der Waals surface area (Å²) in [6.45, 7) is 6.05. The molecular weight excluding hydrogens is 249 g/mol. The van der Waals surface area contributed by atoms with Crippen LogP contribution in [0.15, 0.2) is 23.8 Å². The quantitative estimate of drug-likeness (QED) is 0.902. The van der Waals surface area contributed by atoms with Crippen molar-refractivity contribution in [2.45, 2.75) is 20.4 Å². The topological polar surface area (TPSA) is 37.8 Å². The smallest absolute Gasteiger partial charge is 0.142 e. The maximum atomic E-state index is 13.1. The van der Waals surface area contributed by atoms with Crippen LogP contribution in [-0.2, 0) is 6.54 Å². The zero-order chi connectivity index (χ0) is 13.0. The van der Waals surface area contributed by atoms with Gasteiger partial charge in [-0.05, 0) is 18.5 Å². The summed E-state index contributed by atoms with van der Waals surface area (Å²) in [5.74, 6) is 0.289. The fourth-order valence-electron chi connectivity index (χ4n) is 1.54. The van der Waals surface area contributed by atoms with Crippen molar-refractivity contribution in [1.29, 1.82) is 0 Å². The van der Waals surface area contributed by atoms with Gasteiger partial charge >= 0.3 is 0 Å². The molecule has 2 aromatic heterocycles. The number of pyridine rings is 1. The zero-order valence-corrected chi connectivity index (χ0v) is 11.3. The number of thiazole rings is 1. The van der Waals surface area contributed by atoms with Gasteiger partial charge in [0.15, 0.2) is 0 Å². The molecule has 3 nitrogen and oxygen atoms in total. The van der Waals surface area contributed by atoms with E-state index in [0.29, 0.717) is 5.92 Å². The van der Waals surface area contributed by atoms with Crippen LogP contribution in [0, 0.1) is 11.7 Å². The maximum absolute atomic E-state index is 13.1. The van der Waals surface area contributed by atoms with Crippen LogP contribution >= 0.6 is 11.3 Å². The molecule has 2 aromatic rings. The van der Waals surface area contributed by atoms with E-state index in [0.717, 1.165) is 29.4 Å². The number of nitrogens with one attached hydrogen (secondary N) is 1. The third-order valence-electron chi connectivity index (χ3n) is 2.38. The van der Waals surface area contributed by atoms with Crippen LogP contribution < -0.4 is 5.32 Å². The summed E-state index contributed by atoms with van der Waals surface area (Å²) in [4.78, 5) is 8.30. The molecule has 0 radical (unpaired) electrons. The second-order valence-corrected chi connectivity index (χ2v) is 5.49. The summed E-state index contributed by atoms with van der Waals surface area (Å²) in [5.41, 5.74) is 1.51. The number of nitrogens with zero attached hydrogens (tertiary/aromatic N) is 2. The summed E-state index contributed by atoms with van der Waals surface area (Å²) in [5, 5.41) is 6.28. The van der Waals surface area contributed by atoms with Gasteiger partial charge in [0, 0.05) is 23.7 Å². The Morgan fingerprint density at radius 1 is 1.39 bits per heavy atom. The van der Waals surface area contributed by atoms with Crippen molar-refractivity contribution in [3.63, 3.8) is 0 Å². The second-order valence-electron chi connectivity index (χ2n) is 4.54. The number of rotatable bonds is 5. The Kier molecular flexibility index (Phi) is 4.38. The van der Waals surface area contributed by atoms with Crippen LogP contribution in [0.5, 0.6) is 0 Å². The fourth-order valence-corrected chi connectivity index (χ4v) is 2.32. The van der Waals surface area contributed by atoms with Gasteiger partial charge in [0.2, 0.25) is 0 Å². The number of aromatic nitrogens is 2. The molecule has 0 aliphatic rings. The number of hydrogen-bond donors (Lipinski definition) is 1. The maximum Gasteiger partial charge on any atom is 0.142 e. The molecule has 0 aliphatic carbocycles. The largest absolute Gasteiger partial charge is 0.310 e. The number of halogens is 1. The van der Waals surface area contributed by atoms with Crippen LogP contribution in [0.3, 0.4) is 0 Å². The monoisotopic (exact) mass is 265 g/mol. The van der Waals surface area contributed by atoms with E-state index in [1.54, 1.807) is 17.5 Å². The predicted octanol–water partition coefficient (Wildman–Crippen LogP) is 3.09. The Bertz CT molecular complexity index is 510. The molecule has 96 valence electrons. The SMILES string of the molecule is CC(C)CNCc1nc(-c2cncc(F)c2)cs1. The van der Waals surface area contributed by atoms with Crippen LogP contribution in [-0.4, -0.2) is 16.5 Å². The first-order valence-electron chi connectivity index (χ1n) is 5.91. The molecule has 1 N–H and O–H groups in total. The Hall–Kier alpha value is -1.33. The molecule has 18 heavy (non-hydrogen) atoms. The average molecular weight is 265 g/mol. The summed E-state index contributed by atoms with van der Waals surface area (Å²) in [6, 6.07) is 1.45. The highest BCUT2D eigenvalue weighted by Crippen LogP contribution is 2.21. The Balaban J connectivity index is 2.02. The van der Waals surface area contributed by atoms with Crippen molar-refractivity contribution in [2.24, 2.45) is 5.92 Å². The van der Waals surface area contributed by atoms with Crippen molar-refractivity contribution >= 4 is 11.3 Å². The van der Waals surface area contributed by atoms with Gasteiger partial charge in [0.1, 0.15) is 10.8 Å². The van der Waals surface area contributed by atoms with Crippen LogP contribution in [0.25, 0.3) is 11.3 Å². The van der Waals surface area contributed by atoms with Gasteiger partial charge in [0.05, 0.1) is 11.9 Å². The van der Waals surface area contributed by atoms with Crippen LogP contribution in [0.4, 0.5) is 4.39 Å². The number of hydrogen-bond acceptors (Lipinski definition) is 4. The van der Waals surface area contributed by atoms with Gasteiger partial charge in [0.25, 0.3) is 0 Å². The third kappa shape index (κ3) is 3.58. The summed E-state index contributed by atoms with van der Waals surface area (Å²) in [7, 11) is 0. The molecule has 5 heteroatoms. The highest BCUT2D eigenvalue weighted by atomic mass is 32.1. The van der Waals surface area contributed by atoms with E-state index < -0.39 is 0 Å². The van der Waals surface area contributed by atoms with Crippen molar-refractivity contribution in [1.82, 2.24) is 15.3 Å². The van der Waals surface area contributed by atoms with Crippen LogP contribution in [0.2, 0.25) is 0 Å². The van der Waals surface area contributed by atoms with Crippen molar-refractivity contribution < 1.29 is 4.39 Å². The predicted molar refractivity (Wildman–Crippen MR) is 71.8 cm³/mol. The normalized spacial score (nSPS) is 11.1. The van der Waals surface area contributed by atoms with E-state index in [1.165, 1.54) is 12.3 Å². The van der Waals surface area contributed by atoms with Gasteiger partial charge in [-0.2, -0.15) is 0 Å². The molecule has 0 atom stereocenters. The van der Waals surface area contributed by atoms with Crippen molar-refractivity contribution in [2.75, 3.05) is 6.54 Å². The molecule has 0 bridgehead atoms. The van der Waals surface area contributed by atoms with Gasteiger partial charge in [-0.1, -0.05) is 13.8 Å². The molecule has 0 saturated heterocycles. The first kappa shape index (κ1) is 13.1. The molecule has 0 aromatic carbocycles. The summed E-state index contributed by atoms with van der Waals surface area (Å²) < 4.78 is 13.1. The first-order chi connectivity index (χ1) is 8.65. The van der Waals surface area contributed by atoms with E-state index in [9.17, 15) is 4.39 Å². The minimum absolute atomic E-state index is 0.333. The molecular formula is C13H16FN3S. The minimum atomic E-state index is -0.333. The Morgan fingerprint density at radius 2 is 2.22 bits per heavy atom. The highest BCUT2D eigenvalue weighted by Gasteiger charge is 2.06. The summed E-state index contributed by atoms with van der Waals surface area (Å²) >= 11 is 1.58.